The van der Waals surface area contributed by atoms with Crippen LogP contribution in [0.1, 0.15) is 51.5 Å². The van der Waals surface area contributed by atoms with Gasteiger partial charge in [-0.05, 0) is 169 Å². The zero-order chi connectivity index (χ0) is 42.1. The molecule has 8 aromatic carbocycles. The molecule has 4 heteroatoms. The molecule has 63 heavy (non-hydrogen) atoms. The van der Waals surface area contributed by atoms with E-state index in [-0.39, 0.29) is 5.41 Å². The molecule has 2 aliphatic carbocycles. The molecule has 12 rings (SSSR count). The lowest BCUT2D eigenvalue weighted by Gasteiger charge is -2.47. The van der Waals surface area contributed by atoms with Crippen molar-refractivity contribution >= 4 is 87.6 Å². The lowest BCUT2D eigenvalue weighted by atomic mass is 9.57. The number of thiophene rings is 1. The van der Waals surface area contributed by atoms with Gasteiger partial charge in [0.15, 0.2) is 0 Å². The van der Waals surface area contributed by atoms with Gasteiger partial charge in [-0.2, -0.15) is 0 Å². The van der Waals surface area contributed by atoms with Crippen LogP contribution in [-0.2, 0) is 5.41 Å². The minimum absolute atomic E-state index is 0.257. The number of hydrogen-bond donors (Lipinski definition) is 0. The van der Waals surface area contributed by atoms with Gasteiger partial charge in [-0.3, -0.25) is 0 Å². The van der Waals surface area contributed by atoms with Crippen molar-refractivity contribution in [2.75, 3.05) is 9.80 Å². The molecular weight excluding hydrogens is 785 g/mol. The van der Waals surface area contributed by atoms with E-state index in [2.05, 4.69) is 200 Å². The number of nitrogens with zero attached hydrogens (tertiary/aromatic N) is 2. The van der Waals surface area contributed by atoms with Crippen molar-refractivity contribution in [1.29, 1.82) is 0 Å². The van der Waals surface area contributed by atoms with Crippen molar-refractivity contribution in [3.63, 3.8) is 0 Å². The summed E-state index contributed by atoms with van der Waals surface area (Å²) in [6.07, 6.45) is 6.86. The van der Waals surface area contributed by atoms with Crippen molar-refractivity contribution in [1.82, 2.24) is 0 Å². The summed E-state index contributed by atoms with van der Waals surface area (Å²) in [4.78, 5) is 4.77. The van der Waals surface area contributed by atoms with Gasteiger partial charge in [0, 0.05) is 65.1 Å². The molecule has 0 saturated heterocycles. The van der Waals surface area contributed by atoms with Crippen LogP contribution in [0.3, 0.4) is 0 Å². The zero-order valence-corrected chi connectivity index (χ0v) is 36.7. The van der Waals surface area contributed by atoms with Gasteiger partial charge in [-0.15, -0.1) is 11.3 Å². The quantitative estimate of drug-likeness (QED) is 0.152. The van der Waals surface area contributed by atoms with E-state index in [1.54, 1.807) is 0 Å². The summed E-state index contributed by atoms with van der Waals surface area (Å²) in [5.74, 6) is 2.62. The lowest BCUT2D eigenvalue weighted by molar-refractivity contribution is 0.0899. The Balaban J connectivity index is 0.873. The summed E-state index contributed by atoms with van der Waals surface area (Å²) in [5, 5.41) is 4.81. The van der Waals surface area contributed by atoms with E-state index in [0.717, 1.165) is 68.1 Å². The molecule has 2 aromatic heterocycles. The molecular formula is C59H50N2OS. The van der Waals surface area contributed by atoms with Crippen LogP contribution >= 0.6 is 11.3 Å². The number of hydrogen-bond acceptors (Lipinski definition) is 4. The minimum atomic E-state index is 0.257. The summed E-state index contributed by atoms with van der Waals surface area (Å²) in [6.45, 7) is 4.99. The average Bonchev–Trinajstić information content (AvgIpc) is 3.88. The highest BCUT2D eigenvalue weighted by Crippen LogP contribution is 2.52. The fourth-order valence-electron chi connectivity index (χ4n) is 11.6. The van der Waals surface area contributed by atoms with E-state index in [0.29, 0.717) is 0 Å². The summed E-state index contributed by atoms with van der Waals surface area (Å²) in [5.41, 5.74) is 12.7. The zero-order valence-electron chi connectivity index (χ0n) is 35.9. The van der Waals surface area contributed by atoms with E-state index in [1.807, 2.05) is 23.5 Å². The largest absolute Gasteiger partial charge is 0.456 e. The van der Waals surface area contributed by atoms with Gasteiger partial charge in [0.05, 0.1) is 0 Å². The van der Waals surface area contributed by atoms with Crippen molar-refractivity contribution in [3.05, 3.63) is 194 Å². The minimum Gasteiger partial charge on any atom is -0.456 e. The maximum absolute atomic E-state index is 6.26. The monoisotopic (exact) mass is 834 g/mol. The van der Waals surface area contributed by atoms with Crippen LogP contribution in [0.4, 0.5) is 34.1 Å². The third kappa shape index (κ3) is 6.89. The van der Waals surface area contributed by atoms with Crippen LogP contribution in [-0.4, -0.2) is 0 Å². The van der Waals surface area contributed by atoms with E-state index in [9.17, 15) is 0 Å². The molecule has 2 bridgehead atoms. The van der Waals surface area contributed by atoms with Crippen LogP contribution in [0.25, 0.3) is 53.2 Å². The molecule has 2 saturated carbocycles. The first kappa shape index (κ1) is 38.1. The third-order valence-electron chi connectivity index (χ3n) is 14.3. The second kappa shape index (κ2) is 15.3. The normalized spacial score (nSPS) is 19.8. The molecule has 0 aliphatic heterocycles. The molecule has 3 nitrogen and oxygen atoms in total. The molecule has 2 fully saturated rings. The maximum atomic E-state index is 6.26. The maximum Gasteiger partial charge on any atom is 0.135 e. The van der Waals surface area contributed by atoms with Crippen LogP contribution in [0, 0.1) is 17.8 Å². The fourth-order valence-corrected chi connectivity index (χ4v) is 12.7. The molecule has 0 N–H and O–H groups in total. The van der Waals surface area contributed by atoms with E-state index in [1.165, 1.54) is 74.7 Å². The van der Waals surface area contributed by atoms with E-state index in [4.69, 9.17) is 4.42 Å². The molecule has 0 amide bonds. The standard InChI is InChI=1S/C59H50N2OS/c1-39-32-40-34-41(33-39)38-59(2,37-40)44-20-26-48(27-21-44)60(45-10-4-3-5-11-45)46-22-16-42(17-23-46)43-18-24-47(25-19-43)61(49-28-30-56-53(35-49)51-12-6-8-14-55(51)62-56)50-29-31-58-54(36-50)52-13-7-9-15-57(52)63-58/h3-31,35-36,39-41H,32-34,37-38H2,1-2H3. The Hall–Kier alpha value is -6.62. The molecule has 2 unspecified atom stereocenters. The summed E-state index contributed by atoms with van der Waals surface area (Å²) in [6, 6.07) is 68.9. The van der Waals surface area contributed by atoms with Crippen molar-refractivity contribution in [2.24, 2.45) is 17.8 Å². The van der Waals surface area contributed by atoms with Gasteiger partial charge in [0.1, 0.15) is 11.2 Å². The summed E-state index contributed by atoms with van der Waals surface area (Å²) in [7, 11) is 0. The number of furan rings is 1. The average molecular weight is 835 g/mol. The molecule has 10 aromatic rings. The summed E-state index contributed by atoms with van der Waals surface area (Å²) < 4.78 is 8.86. The second-order valence-electron chi connectivity index (χ2n) is 18.7. The van der Waals surface area contributed by atoms with Crippen LogP contribution in [0.5, 0.6) is 0 Å². The number of benzene rings is 8. The first-order chi connectivity index (χ1) is 30.9. The highest BCUT2D eigenvalue weighted by molar-refractivity contribution is 7.25. The predicted molar refractivity (Wildman–Crippen MR) is 268 cm³/mol. The number of para-hydroxylation sites is 2. The number of anilines is 6. The number of rotatable bonds is 8. The topological polar surface area (TPSA) is 19.6 Å². The number of fused-ring (bicyclic) bond motifs is 8. The molecule has 2 heterocycles. The Morgan fingerprint density at radius 2 is 0.937 bits per heavy atom. The van der Waals surface area contributed by atoms with Crippen molar-refractivity contribution in [2.45, 2.75) is 51.4 Å². The molecule has 2 aliphatic rings. The van der Waals surface area contributed by atoms with Gasteiger partial charge < -0.3 is 14.2 Å². The SMILES string of the molecule is CC1CC2CC(C1)CC(C)(c1ccc(N(c3ccccc3)c3ccc(-c4ccc(N(c5ccc6oc7ccccc7c6c5)c5ccc6sc7ccccc7c6c5)cc4)cc3)cc1)C2. The fraction of sp³-hybridized carbons (Fsp3) is 0.186. The first-order valence-electron chi connectivity index (χ1n) is 22.7. The Morgan fingerprint density at radius 1 is 0.444 bits per heavy atom. The molecule has 0 spiro atoms. The first-order valence-corrected chi connectivity index (χ1v) is 23.5. The van der Waals surface area contributed by atoms with Gasteiger partial charge >= 0.3 is 0 Å². The Kier molecular flexibility index (Phi) is 9.26. The Labute approximate surface area is 373 Å². The Bertz CT molecular complexity index is 3120. The highest BCUT2D eigenvalue weighted by atomic mass is 32.1. The smallest absolute Gasteiger partial charge is 0.135 e. The van der Waals surface area contributed by atoms with Gasteiger partial charge in [-0.1, -0.05) is 105 Å². The molecule has 0 radical (unpaired) electrons. The lowest BCUT2D eigenvalue weighted by Crippen LogP contribution is -2.38. The van der Waals surface area contributed by atoms with E-state index >= 15 is 0 Å². The van der Waals surface area contributed by atoms with Gasteiger partial charge in [0.25, 0.3) is 0 Å². The van der Waals surface area contributed by atoms with Crippen LogP contribution in [0.15, 0.2) is 192 Å². The van der Waals surface area contributed by atoms with Crippen LogP contribution < -0.4 is 9.80 Å². The molecule has 2 atom stereocenters. The summed E-state index contributed by atoms with van der Waals surface area (Å²) >= 11 is 1.85. The highest BCUT2D eigenvalue weighted by Gasteiger charge is 2.41. The van der Waals surface area contributed by atoms with Gasteiger partial charge in [0.2, 0.25) is 0 Å². The van der Waals surface area contributed by atoms with Crippen molar-refractivity contribution in [3.8, 4) is 11.1 Å². The van der Waals surface area contributed by atoms with Gasteiger partial charge in [-0.25, -0.2) is 0 Å². The Morgan fingerprint density at radius 3 is 1.62 bits per heavy atom. The van der Waals surface area contributed by atoms with E-state index < -0.39 is 0 Å². The second-order valence-corrected chi connectivity index (χ2v) is 19.8. The predicted octanol–water partition coefficient (Wildman–Crippen LogP) is 17.7. The molecule has 308 valence electrons. The third-order valence-corrected chi connectivity index (χ3v) is 15.4. The van der Waals surface area contributed by atoms with Crippen LogP contribution in [0.2, 0.25) is 0 Å². The van der Waals surface area contributed by atoms with Crippen molar-refractivity contribution < 1.29 is 4.42 Å².